The van der Waals surface area contributed by atoms with E-state index in [9.17, 15) is 24.0 Å². The Kier molecular flexibility index (Phi) is 15.0. The van der Waals surface area contributed by atoms with Crippen LogP contribution >= 0.6 is 11.8 Å². The van der Waals surface area contributed by atoms with Gasteiger partial charge in [0.25, 0.3) is 0 Å². The highest BCUT2D eigenvalue weighted by molar-refractivity contribution is 7.98. The molecule has 0 fully saturated rings. The number of hydrogen-bond acceptors (Lipinski definition) is 8. The van der Waals surface area contributed by atoms with Gasteiger partial charge >= 0.3 is 11.9 Å². The van der Waals surface area contributed by atoms with E-state index in [2.05, 4.69) is 20.9 Å². The van der Waals surface area contributed by atoms with Crippen molar-refractivity contribution in [1.29, 1.82) is 0 Å². The fourth-order valence-electron chi connectivity index (χ4n) is 2.61. The maximum absolute atomic E-state index is 12.9. The van der Waals surface area contributed by atoms with Gasteiger partial charge in [0.2, 0.25) is 17.7 Å². The summed E-state index contributed by atoms with van der Waals surface area (Å²) in [5.74, 6) is -4.21. The lowest BCUT2D eigenvalue weighted by molar-refractivity contribution is -0.141. The summed E-state index contributed by atoms with van der Waals surface area (Å²) in [6.07, 6.45) is 1.85. The highest BCUT2D eigenvalue weighted by Gasteiger charge is 2.29. The lowest BCUT2D eigenvalue weighted by Gasteiger charge is -2.24. The van der Waals surface area contributed by atoms with E-state index in [1.54, 1.807) is 0 Å². The van der Waals surface area contributed by atoms with Crippen LogP contribution in [0.5, 0.6) is 0 Å². The van der Waals surface area contributed by atoms with Crippen molar-refractivity contribution < 1.29 is 34.2 Å². The molecule has 0 rings (SSSR count). The summed E-state index contributed by atoms with van der Waals surface area (Å²) in [5, 5.41) is 25.2. The smallest absolute Gasteiger partial charge is 0.325 e. The SMILES string of the molecule is CSCCC(N)C(=O)NC(CCC(=O)O)C(=O)NC(CCCN=C(N)N)C(=O)NC(C)C(=O)O. The first-order chi connectivity index (χ1) is 15.9. The first kappa shape index (κ1) is 30.9. The zero-order valence-corrected chi connectivity index (χ0v) is 20.1. The molecule has 0 aromatic rings. The summed E-state index contributed by atoms with van der Waals surface area (Å²) in [4.78, 5) is 63.7. The number of carboxylic acids is 2. The number of aliphatic imine (C=N–C) groups is 1. The topological polar surface area (TPSA) is 252 Å². The van der Waals surface area contributed by atoms with Crippen molar-refractivity contribution in [2.45, 2.75) is 63.2 Å². The molecule has 0 aliphatic rings. The molecule has 0 radical (unpaired) electrons. The number of thioether (sulfide) groups is 1. The first-order valence-electron chi connectivity index (χ1n) is 10.5. The predicted octanol–water partition coefficient (Wildman–Crippen LogP) is -2.46. The monoisotopic (exact) mass is 505 g/mol. The number of aliphatic carboxylic acids is 2. The van der Waals surface area contributed by atoms with E-state index in [1.807, 2.05) is 6.26 Å². The van der Waals surface area contributed by atoms with E-state index in [1.165, 1.54) is 18.7 Å². The Bertz CT molecular complexity index is 747. The van der Waals surface area contributed by atoms with Gasteiger partial charge in [-0.1, -0.05) is 0 Å². The van der Waals surface area contributed by atoms with E-state index in [-0.39, 0.29) is 31.8 Å². The average Bonchev–Trinajstić information content (AvgIpc) is 2.75. The Morgan fingerprint density at radius 1 is 0.912 bits per heavy atom. The number of hydrogen-bond donors (Lipinski definition) is 8. The highest BCUT2D eigenvalue weighted by atomic mass is 32.2. The predicted molar refractivity (Wildman–Crippen MR) is 127 cm³/mol. The van der Waals surface area contributed by atoms with E-state index >= 15 is 0 Å². The summed E-state index contributed by atoms with van der Waals surface area (Å²) >= 11 is 1.49. The Labute approximate surface area is 201 Å². The molecular weight excluding hydrogens is 470 g/mol. The third-order valence-corrected chi connectivity index (χ3v) is 5.20. The minimum atomic E-state index is -1.27. The number of carbonyl (C=O) groups excluding carboxylic acids is 3. The van der Waals surface area contributed by atoms with Crippen molar-refractivity contribution in [3.8, 4) is 0 Å². The Balaban J connectivity index is 5.46. The van der Waals surface area contributed by atoms with Gasteiger partial charge in [-0.25, -0.2) is 0 Å². The molecule has 0 saturated carbocycles. The standard InChI is InChI=1S/C19H35N7O7S/c1-10(18(32)33)24-16(30)12(4-3-8-23-19(21)22)26-17(31)13(5-6-14(27)28)25-15(29)11(20)7-9-34-2/h10-13H,3-9,20H2,1-2H3,(H,24,30)(H,25,29)(H,26,31)(H,27,28)(H,32,33)(H4,21,22,23). The van der Waals surface area contributed by atoms with Crippen molar-refractivity contribution in [1.82, 2.24) is 16.0 Å². The number of nitrogens with two attached hydrogens (primary N) is 3. The van der Waals surface area contributed by atoms with E-state index in [0.29, 0.717) is 12.2 Å². The summed E-state index contributed by atoms with van der Waals surface area (Å²) in [7, 11) is 0. The fraction of sp³-hybridized carbons (Fsp3) is 0.684. The van der Waals surface area contributed by atoms with Crippen LogP contribution in [-0.2, 0) is 24.0 Å². The van der Waals surface area contributed by atoms with Gasteiger partial charge in [-0.05, 0) is 44.6 Å². The number of guanidine groups is 1. The molecule has 0 aliphatic carbocycles. The van der Waals surface area contributed by atoms with Gasteiger partial charge in [0.1, 0.15) is 18.1 Å². The molecule has 0 aliphatic heterocycles. The molecule has 3 amide bonds. The largest absolute Gasteiger partial charge is 0.481 e. The van der Waals surface area contributed by atoms with Crippen molar-refractivity contribution in [2.24, 2.45) is 22.2 Å². The summed E-state index contributed by atoms with van der Waals surface area (Å²) in [6, 6.07) is -4.57. The number of carboxylic acid groups (broad SMARTS) is 2. The molecule has 0 spiro atoms. The normalized spacial score (nSPS) is 14.1. The molecule has 0 aromatic carbocycles. The van der Waals surface area contributed by atoms with Gasteiger partial charge in [0.05, 0.1) is 6.04 Å². The minimum Gasteiger partial charge on any atom is -0.481 e. The molecule has 194 valence electrons. The van der Waals surface area contributed by atoms with Crippen LogP contribution in [0.1, 0.15) is 39.0 Å². The van der Waals surface area contributed by atoms with Crippen molar-refractivity contribution in [3.05, 3.63) is 0 Å². The molecule has 15 heteroatoms. The minimum absolute atomic E-state index is 0.0491. The molecule has 34 heavy (non-hydrogen) atoms. The number of amides is 3. The van der Waals surface area contributed by atoms with Gasteiger partial charge in [0.15, 0.2) is 5.96 Å². The average molecular weight is 506 g/mol. The molecule has 4 unspecified atom stereocenters. The third-order valence-electron chi connectivity index (χ3n) is 4.56. The van der Waals surface area contributed by atoms with Crippen LogP contribution in [0.2, 0.25) is 0 Å². The van der Waals surface area contributed by atoms with Crippen LogP contribution in [0.15, 0.2) is 4.99 Å². The fourth-order valence-corrected chi connectivity index (χ4v) is 3.10. The molecule has 0 heterocycles. The van der Waals surface area contributed by atoms with Crippen molar-refractivity contribution in [2.75, 3.05) is 18.6 Å². The van der Waals surface area contributed by atoms with Gasteiger partial charge in [-0.15, -0.1) is 0 Å². The summed E-state index contributed by atoms with van der Waals surface area (Å²) in [5.41, 5.74) is 16.3. The molecule has 11 N–H and O–H groups in total. The van der Waals surface area contributed by atoms with E-state index < -0.39 is 60.2 Å². The maximum Gasteiger partial charge on any atom is 0.325 e. The molecule has 14 nitrogen and oxygen atoms in total. The van der Waals surface area contributed by atoms with Gasteiger partial charge < -0.3 is 43.4 Å². The molecule has 0 saturated heterocycles. The van der Waals surface area contributed by atoms with Crippen LogP contribution in [-0.4, -0.2) is 88.6 Å². The van der Waals surface area contributed by atoms with Gasteiger partial charge in [-0.2, -0.15) is 11.8 Å². The van der Waals surface area contributed by atoms with E-state index in [4.69, 9.17) is 27.4 Å². The van der Waals surface area contributed by atoms with Crippen molar-refractivity contribution >= 4 is 47.4 Å². The summed E-state index contributed by atoms with van der Waals surface area (Å²) < 4.78 is 0. The maximum atomic E-state index is 12.9. The van der Waals surface area contributed by atoms with Crippen LogP contribution in [0.4, 0.5) is 0 Å². The first-order valence-corrected chi connectivity index (χ1v) is 11.9. The number of carbonyl (C=O) groups is 5. The van der Waals surface area contributed by atoms with Crippen LogP contribution < -0.4 is 33.2 Å². The second-order valence-corrected chi connectivity index (χ2v) is 8.45. The second-order valence-electron chi connectivity index (χ2n) is 7.46. The molecular formula is C19H35N7O7S. The van der Waals surface area contributed by atoms with Crippen LogP contribution in [0.25, 0.3) is 0 Å². The van der Waals surface area contributed by atoms with Crippen LogP contribution in [0, 0.1) is 0 Å². The lowest BCUT2D eigenvalue weighted by Crippen LogP contribution is -2.57. The Morgan fingerprint density at radius 3 is 2.00 bits per heavy atom. The zero-order chi connectivity index (χ0) is 26.3. The lowest BCUT2D eigenvalue weighted by atomic mass is 10.1. The quantitative estimate of drug-likeness (QED) is 0.0584. The van der Waals surface area contributed by atoms with Gasteiger partial charge in [0, 0.05) is 13.0 Å². The zero-order valence-electron chi connectivity index (χ0n) is 19.3. The molecule has 0 aromatic heterocycles. The van der Waals surface area contributed by atoms with Crippen LogP contribution in [0.3, 0.4) is 0 Å². The second kappa shape index (κ2) is 16.5. The highest BCUT2D eigenvalue weighted by Crippen LogP contribution is 2.05. The Hall–Kier alpha value is -3.07. The van der Waals surface area contributed by atoms with Gasteiger partial charge in [-0.3, -0.25) is 29.0 Å². The third kappa shape index (κ3) is 13.5. The van der Waals surface area contributed by atoms with Crippen molar-refractivity contribution in [3.63, 3.8) is 0 Å². The number of nitrogens with zero attached hydrogens (tertiary/aromatic N) is 1. The number of rotatable bonds is 17. The van der Waals surface area contributed by atoms with E-state index in [0.717, 1.165) is 0 Å². The Morgan fingerprint density at radius 2 is 1.47 bits per heavy atom. The number of nitrogens with one attached hydrogen (secondary N) is 3. The summed E-state index contributed by atoms with van der Waals surface area (Å²) in [6.45, 7) is 1.41. The molecule has 0 bridgehead atoms. The molecule has 4 atom stereocenters.